The lowest BCUT2D eigenvalue weighted by atomic mass is 9.81. The molecule has 0 aliphatic heterocycles. The number of aromatic nitrogens is 2. The van der Waals surface area contributed by atoms with Crippen molar-refractivity contribution in [1.29, 1.82) is 0 Å². The Morgan fingerprint density at radius 3 is 2.77 bits per heavy atom. The molecular formula is C22H26FN3O4S. The van der Waals surface area contributed by atoms with E-state index in [1.54, 1.807) is 6.92 Å². The Balaban J connectivity index is 1.73. The standard InChI is InChI=1S/C22H26FN3O4S/c1-9-16(15-7-12-11(13(24)8-27)3-2-4-14(12)31-15)18(23)20(28)17-19(9)26(10-5-6-10)22(30)25-21(17)29/h7,10-11,13,16,18,27-28H,2-6,8,24H2,1H3,(H,25,29,30). The summed E-state index contributed by atoms with van der Waals surface area (Å²) in [5.41, 5.74) is 6.49. The first-order valence-corrected chi connectivity index (χ1v) is 11.6. The number of hydrogen-bond acceptors (Lipinski definition) is 6. The van der Waals surface area contributed by atoms with Crippen molar-refractivity contribution in [2.45, 2.75) is 69.1 Å². The van der Waals surface area contributed by atoms with Gasteiger partial charge in [-0.05, 0) is 56.2 Å². The molecule has 3 aliphatic carbocycles. The fraction of sp³-hybridized carbons (Fsp3) is 0.545. The summed E-state index contributed by atoms with van der Waals surface area (Å²) in [7, 11) is 0. The van der Waals surface area contributed by atoms with E-state index >= 15 is 4.39 Å². The van der Waals surface area contributed by atoms with Gasteiger partial charge in [-0.2, -0.15) is 0 Å². The molecule has 9 heteroatoms. The normalized spacial score (nSPS) is 26.5. The summed E-state index contributed by atoms with van der Waals surface area (Å²) in [4.78, 5) is 29.1. The third-order valence-corrected chi connectivity index (χ3v) is 8.21. The zero-order valence-corrected chi connectivity index (χ0v) is 18.0. The van der Waals surface area contributed by atoms with Crippen molar-refractivity contribution < 1.29 is 14.6 Å². The van der Waals surface area contributed by atoms with Crippen LogP contribution in [-0.4, -0.2) is 38.6 Å². The highest BCUT2D eigenvalue weighted by Crippen LogP contribution is 2.45. The average Bonchev–Trinajstić information content (AvgIpc) is 3.48. The van der Waals surface area contributed by atoms with Crippen LogP contribution >= 0.6 is 11.3 Å². The van der Waals surface area contributed by atoms with Crippen LogP contribution in [0.3, 0.4) is 0 Å². The highest BCUT2D eigenvalue weighted by molar-refractivity contribution is 7.12. The van der Waals surface area contributed by atoms with Crippen molar-refractivity contribution in [1.82, 2.24) is 9.55 Å². The monoisotopic (exact) mass is 447 g/mol. The van der Waals surface area contributed by atoms with Gasteiger partial charge in [0.1, 0.15) is 11.0 Å². The van der Waals surface area contributed by atoms with Crippen LogP contribution < -0.4 is 27.6 Å². The van der Waals surface area contributed by atoms with Crippen LogP contribution in [0, 0.1) is 0 Å². The minimum absolute atomic E-state index is 0.0121. The van der Waals surface area contributed by atoms with Crippen LogP contribution in [-0.2, 0) is 6.42 Å². The van der Waals surface area contributed by atoms with E-state index in [4.69, 9.17) is 5.73 Å². The molecule has 0 aromatic carbocycles. The number of hydrogen-bond donors (Lipinski definition) is 4. The molecule has 0 saturated heterocycles. The highest BCUT2D eigenvalue weighted by atomic mass is 32.1. The molecule has 5 rings (SSSR count). The van der Waals surface area contributed by atoms with Gasteiger partial charge in [0.2, 0.25) is 0 Å². The van der Waals surface area contributed by atoms with E-state index < -0.39 is 29.1 Å². The second kappa shape index (κ2) is 7.43. The quantitative estimate of drug-likeness (QED) is 0.548. The molecule has 2 aromatic heterocycles. The number of nitrogens with one attached hydrogen (secondary N) is 1. The smallest absolute Gasteiger partial charge is 0.329 e. The number of halogens is 1. The zero-order chi connectivity index (χ0) is 22.0. The van der Waals surface area contributed by atoms with Gasteiger partial charge in [-0.1, -0.05) is 0 Å². The second-order valence-corrected chi connectivity index (χ2v) is 10.1. The van der Waals surface area contributed by atoms with Crippen molar-refractivity contribution in [2.75, 3.05) is 6.61 Å². The van der Waals surface area contributed by atoms with Crippen molar-refractivity contribution in [3.63, 3.8) is 0 Å². The molecule has 166 valence electrons. The zero-order valence-electron chi connectivity index (χ0n) is 17.2. The fourth-order valence-electron chi connectivity index (χ4n) is 5.21. The number of aliphatic hydroxyl groups is 2. The Morgan fingerprint density at radius 2 is 2.10 bits per heavy atom. The molecule has 0 spiro atoms. The molecule has 2 heterocycles. The minimum atomic E-state index is -1.77. The van der Waals surface area contributed by atoms with Gasteiger partial charge in [-0.25, -0.2) is 9.18 Å². The number of aliphatic hydroxyl groups excluding tert-OH is 2. The molecule has 1 fully saturated rings. The van der Waals surface area contributed by atoms with Crippen LogP contribution in [0.25, 0.3) is 11.3 Å². The molecule has 0 radical (unpaired) electrons. The van der Waals surface area contributed by atoms with E-state index in [1.807, 2.05) is 6.07 Å². The molecule has 31 heavy (non-hydrogen) atoms. The molecule has 4 unspecified atom stereocenters. The maximum atomic E-state index is 15.6. The largest absolute Gasteiger partial charge is 0.508 e. The first-order valence-electron chi connectivity index (χ1n) is 10.7. The third-order valence-electron chi connectivity index (χ3n) is 6.92. The summed E-state index contributed by atoms with van der Waals surface area (Å²) in [6, 6.07) is 1.53. The van der Waals surface area contributed by atoms with Gasteiger partial charge in [0.05, 0.1) is 17.9 Å². The predicted molar refractivity (Wildman–Crippen MR) is 117 cm³/mol. The number of nitrogens with two attached hydrogens (primary N) is 1. The van der Waals surface area contributed by atoms with E-state index in [0.29, 0.717) is 10.9 Å². The van der Waals surface area contributed by atoms with Gasteiger partial charge in [0.25, 0.3) is 5.56 Å². The van der Waals surface area contributed by atoms with Crippen LogP contribution in [0.2, 0.25) is 0 Å². The van der Waals surface area contributed by atoms with Gasteiger partial charge in [-0.15, -0.1) is 11.3 Å². The van der Waals surface area contributed by atoms with E-state index in [-0.39, 0.29) is 29.8 Å². The second-order valence-electron chi connectivity index (χ2n) is 8.90. The lowest BCUT2D eigenvalue weighted by Crippen LogP contribution is -2.58. The van der Waals surface area contributed by atoms with E-state index in [1.165, 1.54) is 15.9 Å². The van der Waals surface area contributed by atoms with Crippen LogP contribution in [0.4, 0.5) is 4.39 Å². The number of fused-ring (bicyclic) bond motifs is 2. The summed E-state index contributed by atoms with van der Waals surface area (Å²) in [6.45, 7) is 1.63. The molecular weight excluding hydrogens is 421 g/mol. The molecule has 0 bridgehead atoms. The Hall–Kier alpha value is -2.23. The van der Waals surface area contributed by atoms with E-state index in [0.717, 1.165) is 47.4 Å². The maximum absolute atomic E-state index is 15.6. The number of alkyl halides is 1. The van der Waals surface area contributed by atoms with E-state index in [9.17, 15) is 19.8 Å². The topological polar surface area (TPSA) is 121 Å². The highest BCUT2D eigenvalue weighted by Gasteiger charge is 2.38. The first-order chi connectivity index (χ1) is 14.8. The predicted octanol–water partition coefficient (Wildman–Crippen LogP) is 0.645. The lowest BCUT2D eigenvalue weighted by molar-refractivity contribution is 0.242. The number of nitrogens with zero attached hydrogens (tertiary/aromatic N) is 1. The number of aromatic amines is 1. The molecule has 3 aliphatic rings. The summed E-state index contributed by atoms with van der Waals surface area (Å²) in [6.07, 6.45) is 2.54. The molecule has 7 nitrogen and oxygen atoms in total. The summed E-state index contributed by atoms with van der Waals surface area (Å²) >= 11 is 1.50. The Morgan fingerprint density at radius 1 is 1.35 bits per heavy atom. The average molecular weight is 448 g/mol. The molecule has 4 atom stereocenters. The molecule has 5 N–H and O–H groups in total. The van der Waals surface area contributed by atoms with Crippen LogP contribution in [0.15, 0.2) is 15.7 Å². The van der Waals surface area contributed by atoms with Gasteiger partial charge in [-0.3, -0.25) is 14.3 Å². The van der Waals surface area contributed by atoms with Crippen molar-refractivity contribution in [2.24, 2.45) is 5.73 Å². The van der Waals surface area contributed by atoms with Gasteiger partial charge < -0.3 is 15.9 Å². The summed E-state index contributed by atoms with van der Waals surface area (Å²) < 4.78 is 17.1. The number of thiophene rings is 1. The SMILES string of the molecule is CC1=c2c(c(=O)[nH]c(=O)n2C2CC2)=C(O)C(F)C1c1cc2c(s1)CCCC2C(N)CO. The van der Waals surface area contributed by atoms with Crippen molar-refractivity contribution >= 4 is 22.7 Å². The summed E-state index contributed by atoms with van der Waals surface area (Å²) in [5.74, 6) is -1.38. The third kappa shape index (κ3) is 3.13. The maximum Gasteiger partial charge on any atom is 0.329 e. The van der Waals surface area contributed by atoms with Gasteiger partial charge in [0, 0.05) is 27.8 Å². The van der Waals surface area contributed by atoms with Crippen molar-refractivity contribution in [3.8, 4) is 0 Å². The van der Waals surface area contributed by atoms with Crippen molar-refractivity contribution in [3.05, 3.63) is 52.8 Å². The van der Waals surface area contributed by atoms with Gasteiger partial charge >= 0.3 is 5.69 Å². The Labute approximate surface area is 181 Å². The number of H-pyrrole nitrogens is 1. The lowest BCUT2D eigenvalue weighted by Gasteiger charge is -2.27. The number of rotatable bonds is 4. The van der Waals surface area contributed by atoms with Gasteiger partial charge in [0.15, 0.2) is 6.17 Å². The van der Waals surface area contributed by atoms with E-state index in [2.05, 4.69) is 4.98 Å². The van der Waals surface area contributed by atoms with Crippen LogP contribution in [0.5, 0.6) is 0 Å². The summed E-state index contributed by atoms with van der Waals surface area (Å²) in [5, 5.41) is 20.5. The van der Waals surface area contributed by atoms with Crippen LogP contribution in [0.1, 0.15) is 65.8 Å². The number of aryl methyl sites for hydroxylation is 1. The Kier molecular flexibility index (Phi) is 4.95. The molecule has 1 saturated carbocycles. The molecule has 0 amide bonds. The first kappa shape index (κ1) is 20.7. The minimum Gasteiger partial charge on any atom is -0.508 e. The molecule has 2 aromatic rings. The fourth-order valence-corrected chi connectivity index (χ4v) is 6.68. The Bertz CT molecular complexity index is 1290.